The van der Waals surface area contributed by atoms with Gasteiger partial charge in [0.25, 0.3) is 10.0 Å². The minimum atomic E-state index is -3.65. The van der Waals surface area contributed by atoms with E-state index in [9.17, 15) is 8.42 Å². The van der Waals surface area contributed by atoms with Crippen LogP contribution in [0.1, 0.15) is 0 Å². The Kier molecular flexibility index (Phi) is 6.28. The zero-order valence-corrected chi connectivity index (χ0v) is 19.0. The summed E-state index contributed by atoms with van der Waals surface area (Å²) in [7, 11) is -3.65. The van der Waals surface area contributed by atoms with Gasteiger partial charge in [0, 0.05) is 27.2 Å². The molecule has 0 spiro atoms. The van der Waals surface area contributed by atoms with Gasteiger partial charge in [0.05, 0.1) is 4.90 Å². The molecule has 0 bridgehead atoms. The van der Waals surface area contributed by atoms with Gasteiger partial charge in [-0.2, -0.15) is 0 Å². The molecular weight excluding hydrogens is 527 g/mol. The number of pyridine rings is 1. The summed E-state index contributed by atoms with van der Waals surface area (Å²) < 4.78 is 28.6. The van der Waals surface area contributed by atoms with Crippen LogP contribution in [0, 0.1) is 3.57 Å². The number of benzene rings is 2. The first-order chi connectivity index (χ1) is 15.0. The molecule has 2 aromatic carbocycles. The van der Waals surface area contributed by atoms with Crippen LogP contribution in [0.2, 0.25) is 0 Å². The Hall–Kier alpha value is -3.25. The van der Waals surface area contributed by atoms with E-state index in [0.717, 1.165) is 9.26 Å². The highest BCUT2D eigenvalue weighted by molar-refractivity contribution is 14.1. The highest BCUT2D eigenvalue weighted by Gasteiger charge is 2.13. The predicted molar refractivity (Wildman–Crippen MR) is 129 cm³/mol. The van der Waals surface area contributed by atoms with Gasteiger partial charge in [-0.25, -0.2) is 23.4 Å². The largest absolute Gasteiger partial charge is 0.340 e. The van der Waals surface area contributed by atoms with Crippen LogP contribution in [0.4, 0.5) is 28.8 Å². The Balaban J connectivity index is 1.43. The number of nitrogens with one attached hydrogen (secondary N) is 3. The van der Waals surface area contributed by atoms with Crippen molar-refractivity contribution in [2.45, 2.75) is 4.90 Å². The van der Waals surface area contributed by atoms with E-state index in [4.69, 9.17) is 0 Å². The number of hydrogen-bond acceptors (Lipinski definition) is 7. The number of rotatable bonds is 7. The normalized spacial score (nSPS) is 11.0. The number of anilines is 5. The van der Waals surface area contributed by atoms with Crippen molar-refractivity contribution < 1.29 is 8.42 Å². The lowest BCUT2D eigenvalue weighted by Crippen LogP contribution is -2.12. The molecule has 0 saturated carbocycles. The lowest BCUT2D eigenvalue weighted by molar-refractivity contribution is 0.601. The maximum absolute atomic E-state index is 12.5. The number of nitrogens with zero attached hydrogens (tertiary/aromatic N) is 3. The fourth-order valence-electron chi connectivity index (χ4n) is 2.66. The van der Waals surface area contributed by atoms with Gasteiger partial charge in [-0.1, -0.05) is 6.07 Å². The van der Waals surface area contributed by atoms with Crippen molar-refractivity contribution in [1.29, 1.82) is 0 Å². The summed E-state index contributed by atoms with van der Waals surface area (Å²) in [4.78, 5) is 12.8. The lowest BCUT2D eigenvalue weighted by atomic mass is 10.3. The van der Waals surface area contributed by atoms with Gasteiger partial charge >= 0.3 is 0 Å². The standard InChI is InChI=1S/C21H17IN6O2S/c22-15-4-10-18(11-5-15)31(29,30)28-17-8-6-16(7-9-17)26-20-13-21(25-14-24-20)27-19-3-1-2-12-23-19/h1-14,28H,(H2,23,24,25,26,27). The SMILES string of the molecule is O=S(=O)(Nc1ccc(Nc2cc(Nc3ccccn3)ncn2)cc1)c1ccc(I)cc1. The molecule has 0 amide bonds. The van der Waals surface area contributed by atoms with Gasteiger partial charge in [-0.15, -0.1) is 0 Å². The van der Waals surface area contributed by atoms with Crippen LogP contribution in [0.3, 0.4) is 0 Å². The molecule has 3 N–H and O–H groups in total. The molecule has 0 aliphatic rings. The van der Waals surface area contributed by atoms with Crippen LogP contribution in [0.25, 0.3) is 0 Å². The molecule has 156 valence electrons. The second-order valence-corrected chi connectivity index (χ2v) is 9.32. The maximum Gasteiger partial charge on any atom is 0.261 e. The highest BCUT2D eigenvalue weighted by atomic mass is 127. The fraction of sp³-hybridized carbons (Fsp3) is 0. The molecule has 0 saturated heterocycles. The van der Waals surface area contributed by atoms with Crippen molar-refractivity contribution in [3.63, 3.8) is 0 Å². The number of aromatic nitrogens is 3. The summed E-state index contributed by atoms with van der Waals surface area (Å²) >= 11 is 2.13. The minimum absolute atomic E-state index is 0.212. The molecule has 2 heterocycles. The minimum Gasteiger partial charge on any atom is -0.340 e. The molecule has 0 unspecified atom stereocenters. The lowest BCUT2D eigenvalue weighted by Gasteiger charge is -2.11. The molecular formula is C21H17IN6O2S. The highest BCUT2D eigenvalue weighted by Crippen LogP contribution is 2.22. The maximum atomic E-state index is 12.5. The van der Waals surface area contributed by atoms with E-state index >= 15 is 0 Å². The van der Waals surface area contributed by atoms with E-state index in [1.807, 2.05) is 18.2 Å². The van der Waals surface area contributed by atoms with E-state index in [-0.39, 0.29) is 4.90 Å². The second kappa shape index (κ2) is 9.27. The third-order valence-electron chi connectivity index (χ3n) is 4.12. The fourth-order valence-corrected chi connectivity index (χ4v) is 4.08. The molecule has 10 heteroatoms. The van der Waals surface area contributed by atoms with Crippen LogP contribution < -0.4 is 15.4 Å². The Morgan fingerprint density at radius 2 is 1.39 bits per heavy atom. The van der Waals surface area contributed by atoms with Crippen LogP contribution in [0.5, 0.6) is 0 Å². The molecule has 8 nitrogen and oxygen atoms in total. The third-order valence-corrected chi connectivity index (χ3v) is 6.24. The molecule has 0 radical (unpaired) electrons. The van der Waals surface area contributed by atoms with Crippen LogP contribution in [-0.4, -0.2) is 23.4 Å². The predicted octanol–water partition coefficient (Wildman–Crippen LogP) is 4.76. The second-order valence-electron chi connectivity index (χ2n) is 6.39. The molecule has 2 aromatic heterocycles. The van der Waals surface area contributed by atoms with Crippen molar-refractivity contribution in [2.75, 3.05) is 15.4 Å². The van der Waals surface area contributed by atoms with Crippen LogP contribution in [0.15, 0.2) is 90.2 Å². The van der Waals surface area contributed by atoms with Gasteiger partial charge in [0.1, 0.15) is 23.8 Å². The summed E-state index contributed by atoms with van der Waals surface area (Å²) in [5, 5.41) is 6.27. The van der Waals surface area contributed by atoms with E-state index in [2.05, 4.69) is 52.9 Å². The van der Waals surface area contributed by atoms with E-state index in [1.165, 1.54) is 6.33 Å². The van der Waals surface area contributed by atoms with Crippen molar-refractivity contribution in [1.82, 2.24) is 15.0 Å². The average molecular weight is 544 g/mol. The Labute approximate surface area is 193 Å². The van der Waals surface area contributed by atoms with Gasteiger partial charge in [-0.3, -0.25) is 4.72 Å². The Bertz CT molecular complexity index is 1270. The monoisotopic (exact) mass is 544 g/mol. The first-order valence-corrected chi connectivity index (χ1v) is 11.7. The van der Waals surface area contributed by atoms with E-state index in [1.54, 1.807) is 60.8 Å². The molecule has 0 atom stereocenters. The van der Waals surface area contributed by atoms with Gasteiger partial charge in [0.15, 0.2) is 0 Å². The van der Waals surface area contributed by atoms with Crippen LogP contribution in [-0.2, 0) is 10.0 Å². The summed E-state index contributed by atoms with van der Waals surface area (Å²) in [6.07, 6.45) is 3.13. The zero-order valence-electron chi connectivity index (χ0n) is 16.0. The summed E-state index contributed by atoms with van der Waals surface area (Å²) in [5.74, 6) is 1.86. The Morgan fingerprint density at radius 3 is 2.06 bits per heavy atom. The smallest absolute Gasteiger partial charge is 0.261 e. The van der Waals surface area contributed by atoms with Gasteiger partial charge < -0.3 is 10.6 Å². The van der Waals surface area contributed by atoms with Gasteiger partial charge in [-0.05, 0) is 83.3 Å². The number of hydrogen-bond donors (Lipinski definition) is 3. The average Bonchev–Trinajstić information content (AvgIpc) is 2.76. The molecule has 4 rings (SSSR count). The van der Waals surface area contributed by atoms with Crippen molar-refractivity contribution in [2.24, 2.45) is 0 Å². The third kappa shape index (κ3) is 5.67. The van der Waals surface area contributed by atoms with E-state index in [0.29, 0.717) is 23.1 Å². The summed E-state index contributed by atoms with van der Waals surface area (Å²) in [5.41, 5.74) is 1.21. The number of halogens is 1. The zero-order chi connectivity index (χ0) is 21.7. The first kappa shape index (κ1) is 21.0. The summed E-state index contributed by atoms with van der Waals surface area (Å²) in [6.45, 7) is 0. The quantitative estimate of drug-likeness (QED) is 0.288. The van der Waals surface area contributed by atoms with Crippen molar-refractivity contribution >= 4 is 61.4 Å². The first-order valence-electron chi connectivity index (χ1n) is 9.13. The molecule has 4 aromatic rings. The Morgan fingerprint density at radius 1 is 0.710 bits per heavy atom. The van der Waals surface area contributed by atoms with Crippen molar-refractivity contribution in [3.8, 4) is 0 Å². The van der Waals surface area contributed by atoms with Crippen molar-refractivity contribution in [3.05, 3.63) is 88.9 Å². The summed E-state index contributed by atoms with van der Waals surface area (Å²) in [6, 6.07) is 20.8. The molecule has 0 fully saturated rings. The van der Waals surface area contributed by atoms with Crippen LogP contribution >= 0.6 is 22.6 Å². The topological polar surface area (TPSA) is 109 Å². The van der Waals surface area contributed by atoms with E-state index < -0.39 is 10.0 Å². The molecule has 0 aliphatic heterocycles. The molecule has 0 aliphatic carbocycles. The number of sulfonamides is 1. The van der Waals surface area contributed by atoms with Gasteiger partial charge in [0.2, 0.25) is 0 Å². The molecule has 31 heavy (non-hydrogen) atoms.